The summed E-state index contributed by atoms with van der Waals surface area (Å²) in [5.74, 6) is -3.47. The summed E-state index contributed by atoms with van der Waals surface area (Å²) in [6.45, 7) is 5.04. The smallest absolute Gasteiger partial charge is 0.320 e. The summed E-state index contributed by atoms with van der Waals surface area (Å²) in [5, 5.41) is 0. The number of carbonyl (C=O) groups is 2. The molecule has 7 nitrogen and oxygen atoms in total. The van der Waals surface area contributed by atoms with E-state index in [9.17, 15) is 22.8 Å². The van der Waals surface area contributed by atoms with Crippen molar-refractivity contribution in [3.05, 3.63) is 35.1 Å². The number of urea groups is 1. The Morgan fingerprint density at radius 2 is 1.41 bits per heavy atom. The summed E-state index contributed by atoms with van der Waals surface area (Å²) >= 11 is 0. The van der Waals surface area contributed by atoms with Crippen molar-refractivity contribution < 1.29 is 22.8 Å². The van der Waals surface area contributed by atoms with E-state index in [4.69, 9.17) is 5.73 Å². The quantitative estimate of drug-likeness (QED) is 0.670. The van der Waals surface area contributed by atoms with Crippen molar-refractivity contribution in [2.24, 2.45) is 5.73 Å². The van der Waals surface area contributed by atoms with Crippen molar-refractivity contribution in [2.75, 3.05) is 59.4 Å². The summed E-state index contributed by atoms with van der Waals surface area (Å²) in [6, 6.07) is 0.550. The fourth-order valence-corrected chi connectivity index (χ4v) is 3.98. The molecule has 180 valence electrons. The number of benzene rings is 1. The first-order valence-electron chi connectivity index (χ1n) is 10.6. The zero-order chi connectivity index (χ0) is 22.5. The monoisotopic (exact) mass is 477 g/mol. The van der Waals surface area contributed by atoms with Crippen LogP contribution < -0.4 is 5.73 Å². The highest BCUT2D eigenvalue weighted by molar-refractivity contribution is 5.85. The maximum Gasteiger partial charge on any atom is 0.320 e. The molecule has 1 aromatic carbocycles. The minimum absolute atomic E-state index is 0. The van der Waals surface area contributed by atoms with Gasteiger partial charge in [-0.05, 0) is 31.5 Å². The van der Waals surface area contributed by atoms with Gasteiger partial charge in [0.2, 0.25) is 5.91 Å². The molecule has 2 aliphatic rings. The molecule has 2 fully saturated rings. The molecule has 2 aliphatic heterocycles. The summed E-state index contributed by atoms with van der Waals surface area (Å²) in [5.41, 5.74) is 5.93. The number of likely N-dealkylation sites (N-methyl/N-ethyl adjacent to an activating group) is 1. The molecule has 32 heavy (non-hydrogen) atoms. The zero-order valence-corrected chi connectivity index (χ0v) is 19.1. The molecule has 0 aromatic heterocycles. The molecule has 0 spiro atoms. The van der Waals surface area contributed by atoms with Crippen molar-refractivity contribution in [2.45, 2.75) is 25.3 Å². The van der Waals surface area contributed by atoms with Gasteiger partial charge in [0.15, 0.2) is 11.6 Å². The lowest BCUT2D eigenvalue weighted by atomic mass is 10.0. The number of rotatable bonds is 4. The summed E-state index contributed by atoms with van der Waals surface area (Å²) in [6.07, 6.45) is 0.555. The Labute approximate surface area is 192 Å². The van der Waals surface area contributed by atoms with E-state index in [1.807, 2.05) is 11.9 Å². The third-order valence-corrected chi connectivity index (χ3v) is 5.90. The Morgan fingerprint density at radius 1 is 0.875 bits per heavy atom. The minimum Gasteiger partial charge on any atom is -0.341 e. The number of hydrogen-bond acceptors (Lipinski definition) is 4. The van der Waals surface area contributed by atoms with Gasteiger partial charge in [0.05, 0.1) is 0 Å². The van der Waals surface area contributed by atoms with Gasteiger partial charge in [-0.2, -0.15) is 0 Å². The predicted molar refractivity (Wildman–Crippen MR) is 117 cm³/mol. The molecule has 3 amide bonds. The molecule has 0 aliphatic carbocycles. The second-order valence-corrected chi connectivity index (χ2v) is 8.32. The van der Waals surface area contributed by atoms with E-state index in [0.717, 1.165) is 19.2 Å². The Hall–Kier alpha value is -2.04. The molecule has 0 bridgehead atoms. The second-order valence-electron chi connectivity index (χ2n) is 8.32. The lowest BCUT2D eigenvalue weighted by Gasteiger charge is -2.35. The topological polar surface area (TPSA) is 73.1 Å². The lowest BCUT2D eigenvalue weighted by molar-refractivity contribution is -0.131. The molecule has 2 saturated heterocycles. The van der Waals surface area contributed by atoms with Crippen molar-refractivity contribution in [3.8, 4) is 0 Å². The maximum absolute atomic E-state index is 13.8. The average molecular weight is 478 g/mol. The number of halogens is 4. The van der Waals surface area contributed by atoms with Gasteiger partial charge in [0.25, 0.3) is 0 Å². The van der Waals surface area contributed by atoms with Crippen LogP contribution in [-0.4, -0.2) is 97.0 Å². The van der Waals surface area contributed by atoms with E-state index in [1.165, 1.54) is 0 Å². The molecular weight excluding hydrogens is 447 g/mol. The van der Waals surface area contributed by atoms with Crippen molar-refractivity contribution in [1.82, 2.24) is 19.6 Å². The third-order valence-electron chi connectivity index (χ3n) is 5.90. The highest BCUT2D eigenvalue weighted by Crippen LogP contribution is 2.17. The number of carbonyl (C=O) groups excluding carboxylic acids is 2. The minimum atomic E-state index is -1.26. The van der Waals surface area contributed by atoms with E-state index in [0.29, 0.717) is 51.8 Å². The van der Waals surface area contributed by atoms with E-state index in [-0.39, 0.29) is 42.8 Å². The molecule has 1 atom stereocenters. The van der Waals surface area contributed by atoms with Gasteiger partial charge in [-0.1, -0.05) is 0 Å². The molecule has 1 aromatic rings. The predicted octanol–water partition coefficient (Wildman–Crippen LogP) is 1.69. The number of nitrogens with zero attached hydrogens (tertiary/aromatic N) is 4. The van der Waals surface area contributed by atoms with Gasteiger partial charge in [-0.3, -0.25) is 4.79 Å². The Kier molecular flexibility index (Phi) is 9.60. The van der Waals surface area contributed by atoms with Gasteiger partial charge in [0.1, 0.15) is 5.82 Å². The number of nitrogens with two attached hydrogens (primary N) is 1. The molecule has 0 saturated carbocycles. The largest absolute Gasteiger partial charge is 0.341 e. The molecular formula is C21H31ClF3N5O2. The molecule has 2 N–H and O–H groups in total. The van der Waals surface area contributed by atoms with Gasteiger partial charge >= 0.3 is 6.03 Å². The Balaban J connectivity index is 0.00000363. The van der Waals surface area contributed by atoms with Crippen molar-refractivity contribution >= 4 is 24.3 Å². The highest BCUT2D eigenvalue weighted by atomic mass is 35.5. The van der Waals surface area contributed by atoms with Crippen LogP contribution in [0.1, 0.15) is 18.4 Å². The van der Waals surface area contributed by atoms with Crippen LogP contribution in [0.2, 0.25) is 0 Å². The van der Waals surface area contributed by atoms with E-state index >= 15 is 0 Å². The first-order chi connectivity index (χ1) is 14.7. The van der Waals surface area contributed by atoms with Crippen LogP contribution in [0.3, 0.4) is 0 Å². The molecule has 3 rings (SSSR count). The average Bonchev–Trinajstić information content (AvgIpc) is 2.98. The van der Waals surface area contributed by atoms with Gasteiger partial charge < -0.3 is 25.3 Å². The summed E-state index contributed by atoms with van der Waals surface area (Å²) < 4.78 is 40.3. The second kappa shape index (κ2) is 11.7. The van der Waals surface area contributed by atoms with Gasteiger partial charge in [-0.25, -0.2) is 18.0 Å². The maximum atomic E-state index is 13.8. The number of hydrogen-bond donors (Lipinski definition) is 1. The van der Waals surface area contributed by atoms with Crippen LogP contribution in [0.4, 0.5) is 18.0 Å². The molecule has 0 radical (unpaired) electrons. The SMILES string of the molecule is CN1CCN(C(=O)N2CCCN(C(=O)C[C@H](N)Cc3cc(F)c(F)cc3F)CC2)CC1.Cl. The normalized spacial score (nSPS) is 18.7. The Bertz CT molecular complexity index is 808. The summed E-state index contributed by atoms with van der Waals surface area (Å²) in [4.78, 5) is 32.9. The van der Waals surface area contributed by atoms with Crippen LogP contribution in [0, 0.1) is 17.5 Å². The molecule has 0 unspecified atom stereocenters. The van der Waals surface area contributed by atoms with Crippen LogP contribution >= 0.6 is 12.4 Å². The van der Waals surface area contributed by atoms with Crippen LogP contribution in [-0.2, 0) is 11.2 Å². The summed E-state index contributed by atoms with van der Waals surface area (Å²) in [7, 11) is 2.03. The van der Waals surface area contributed by atoms with Crippen molar-refractivity contribution in [1.29, 1.82) is 0 Å². The Morgan fingerprint density at radius 3 is 2.09 bits per heavy atom. The number of amides is 3. The van der Waals surface area contributed by atoms with E-state index < -0.39 is 23.5 Å². The third kappa shape index (κ3) is 6.73. The first kappa shape index (κ1) is 26.2. The van der Waals surface area contributed by atoms with Crippen LogP contribution in [0.15, 0.2) is 12.1 Å². The van der Waals surface area contributed by atoms with Gasteiger partial charge in [-0.15, -0.1) is 12.4 Å². The first-order valence-corrected chi connectivity index (χ1v) is 10.6. The fraction of sp³-hybridized carbons (Fsp3) is 0.619. The van der Waals surface area contributed by atoms with Gasteiger partial charge in [0, 0.05) is 70.9 Å². The van der Waals surface area contributed by atoms with E-state index in [2.05, 4.69) is 4.90 Å². The van der Waals surface area contributed by atoms with Crippen molar-refractivity contribution in [3.63, 3.8) is 0 Å². The number of piperazine rings is 1. The van der Waals surface area contributed by atoms with Crippen LogP contribution in [0.5, 0.6) is 0 Å². The van der Waals surface area contributed by atoms with Crippen LogP contribution in [0.25, 0.3) is 0 Å². The molecule has 11 heteroatoms. The van der Waals surface area contributed by atoms with E-state index in [1.54, 1.807) is 9.80 Å². The fourth-order valence-electron chi connectivity index (χ4n) is 3.98. The zero-order valence-electron chi connectivity index (χ0n) is 18.2. The lowest BCUT2D eigenvalue weighted by Crippen LogP contribution is -2.52. The molecule has 2 heterocycles. The highest BCUT2D eigenvalue weighted by Gasteiger charge is 2.27. The standard InChI is InChI=1S/C21H30F3N5O2.ClH/c1-26-5-7-29(8-6-26)21(31)28-4-2-3-27(9-10-28)20(30)13-16(25)11-15-12-18(23)19(24)14-17(15)22;/h12,14,16H,2-11,13,25H2,1H3;1H/t16-;/m1./s1.